The molecule has 1 aromatic rings. The van der Waals surface area contributed by atoms with E-state index in [0.717, 1.165) is 12.8 Å². The molecule has 6 nitrogen and oxygen atoms in total. The van der Waals surface area contributed by atoms with E-state index in [2.05, 4.69) is 4.98 Å². The molecule has 0 aromatic carbocycles. The molecule has 1 aliphatic rings. The second kappa shape index (κ2) is 4.99. The zero-order valence-electron chi connectivity index (χ0n) is 10.8. The molecular formula is C11H20N4O2S. The van der Waals surface area contributed by atoms with Gasteiger partial charge >= 0.3 is 0 Å². The van der Waals surface area contributed by atoms with Crippen molar-refractivity contribution in [2.24, 2.45) is 18.7 Å². The lowest BCUT2D eigenvalue weighted by Crippen LogP contribution is -2.40. The van der Waals surface area contributed by atoms with Gasteiger partial charge in [-0.25, -0.2) is 13.4 Å². The number of hydrogen-bond acceptors (Lipinski definition) is 4. The molecule has 0 aliphatic carbocycles. The van der Waals surface area contributed by atoms with Crippen molar-refractivity contribution in [1.29, 1.82) is 0 Å². The summed E-state index contributed by atoms with van der Waals surface area (Å²) >= 11 is 0. The van der Waals surface area contributed by atoms with Crippen molar-refractivity contribution in [3.8, 4) is 0 Å². The summed E-state index contributed by atoms with van der Waals surface area (Å²) in [6.45, 7) is 3.51. The Labute approximate surface area is 108 Å². The third kappa shape index (κ3) is 2.43. The predicted octanol–water partition coefficient (Wildman–Crippen LogP) is 0.0879. The Morgan fingerprint density at radius 3 is 2.50 bits per heavy atom. The van der Waals surface area contributed by atoms with Gasteiger partial charge in [0.2, 0.25) is 0 Å². The number of hydrogen-bond donors (Lipinski definition) is 1. The number of imidazole rings is 1. The Morgan fingerprint density at radius 2 is 2.06 bits per heavy atom. The molecule has 2 heterocycles. The minimum absolute atomic E-state index is 0.147. The normalized spacial score (nSPS) is 19.3. The van der Waals surface area contributed by atoms with Gasteiger partial charge in [0.25, 0.3) is 10.0 Å². The summed E-state index contributed by atoms with van der Waals surface area (Å²) in [5.74, 6) is 1.15. The smallest absolute Gasteiger partial charge is 0.262 e. The van der Waals surface area contributed by atoms with Gasteiger partial charge in [0.05, 0.1) is 0 Å². The molecule has 7 heteroatoms. The summed E-state index contributed by atoms with van der Waals surface area (Å²) in [5, 5.41) is 0.147. The Morgan fingerprint density at radius 1 is 1.44 bits per heavy atom. The second-order valence-corrected chi connectivity index (χ2v) is 6.71. The van der Waals surface area contributed by atoms with Gasteiger partial charge in [-0.05, 0) is 32.2 Å². The molecule has 0 amide bonds. The van der Waals surface area contributed by atoms with Gasteiger partial charge < -0.3 is 10.3 Å². The Balaban J connectivity index is 2.17. The van der Waals surface area contributed by atoms with Crippen LogP contribution in [-0.2, 0) is 17.1 Å². The first kappa shape index (κ1) is 13.5. The molecule has 0 saturated carbocycles. The Bertz CT molecular complexity index is 496. The van der Waals surface area contributed by atoms with Crippen LogP contribution in [0, 0.1) is 12.8 Å². The van der Waals surface area contributed by atoms with E-state index in [9.17, 15) is 8.42 Å². The molecule has 18 heavy (non-hydrogen) atoms. The number of nitrogens with two attached hydrogens (primary N) is 1. The molecule has 1 fully saturated rings. The van der Waals surface area contributed by atoms with Crippen molar-refractivity contribution in [2.45, 2.75) is 24.8 Å². The fourth-order valence-corrected chi connectivity index (χ4v) is 3.66. The maximum atomic E-state index is 12.4. The standard InChI is InChI=1S/C11H20N4O2S/c1-9-13-11(8-14(9)2)18(16,17)15-5-3-10(7-12)4-6-15/h8,10H,3-7,12H2,1-2H3. The van der Waals surface area contributed by atoms with Gasteiger partial charge in [-0.2, -0.15) is 4.31 Å². The third-order valence-electron chi connectivity index (χ3n) is 3.60. The van der Waals surface area contributed by atoms with Crippen molar-refractivity contribution in [3.63, 3.8) is 0 Å². The number of aryl methyl sites for hydroxylation is 2. The summed E-state index contributed by atoms with van der Waals surface area (Å²) in [5.41, 5.74) is 5.61. The quantitative estimate of drug-likeness (QED) is 0.845. The van der Waals surface area contributed by atoms with Crippen molar-refractivity contribution >= 4 is 10.0 Å². The predicted molar refractivity (Wildman–Crippen MR) is 68.5 cm³/mol. The van der Waals surface area contributed by atoms with Crippen LogP contribution in [0.3, 0.4) is 0 Å². The van der Waals surface area contributed by atoms with Gasteiger partial charge in [0.1, 0.15) is 5.82 Å². The molecule has 0 radical (unpaired) electrons. The molecule has 102 valence electrons. The maximum absolute atomic E-state index is 12.4. The van der Waals surface area contributed by atoms with Crippen LogP contribution in [0.5, 0.6) is 0 Å². The zero-order valence-corrected chi connectivity index (χ0v) is 11.7. The molecule has 0 spiro atoms. The molecule has 0 bridgehead atoms. The first-order valence-electron chi connectivity index (χ1n) is 6.15. The van der Waals surface area contributed by atoms with Crippen LogP contribution in [0.4, 0.5) is 0 Å². The number of nitrogens with zero attached hydrogens (tertiary/aromatic N) is 3. The van der Waals surface area contributed by atoms with Crippen molar-refractivity contribution in [1.82, 2.24) is 13.9 Å². The first-order chi connectivity index (χ1) is 8.45. The highest BCUT2D eigenvalue weighted by Gasteiger charge is 2.30. The lowest BCUT2D eigenvalue weighted by Gasteiger charge is -2.29. The Kier molecular flexibility index (Phi) is 3.74. The largest absolute Gasteiger partial charge is 0.337 e. The van der Waals surface area contributed by atoms with E-state index in [-0.39, 0.29) is 5.03 Å². The van der Waals surface area contributed by atoms with Gasteiger partial charge in [-0.15, -0.1) is 0 Å². The van der Waals surface area contributed by atoms with E-state index in [0.29, 0.717) is 31.4 Å². The average molecular weight is 272 g/mol. The van der Waals surface area contributed by atoms with Gasteiger partial charge in [-0.1, -0.05) is 0 Å². The van der Waals surface area contributed by atoms with Crippen molar-refractivity contribution in [2.75, 3.05) is 19.6 Å². The molecule has 0 atom stereocenters. The van der Waals surface area contributed by atoms with E-state index in [1.165, 1.54) is 4.31 Å². The highest BCUT2D eigenvalue weighted by atomic mass is 32.2. The summed E-state index contributed by atoms with van der Waals surface area (Å²) in [6.07, 6.45) is 3.24. The molecule has 2 rings (SSSR count). The van der Waals surface area contributed by atoms with Crippen LogP contribution in [0.25, 0.3) is 0 Å². The summed E-state index contributed by atoms with van der Waals surface area (Å²) in [6, 6.07) is 0. The van der Waals surface area contributed by atoms with Gasteiger partial charge in [-0.3, -0.25) is 0 Å². The Hall–Kier alpha value is -0.920. The van der Waals surface area contributed by atoms with Crippen LogP contribution < -0.4 is 5.73 Å². The molecular weight excluding hydrogens is 252 g/mol. The van der Waals surface area contributed by atoms with Gasteiger partial charge in [0.15, 0.2) is 5.03 Å². The third-order valence-corrected chi connectivity index (χ3v) is 5.37. The fraction of sp³-hybridized carbons (Fsp3) is 0.727. The highest BCUT2D eigenvalue weighted by molar-refractivity contribution is 7.89. The van der Waals surface area contributed by atoms with Crippen molar-refractivity contribution < 1.29 is 8.42 Å². The lowest BCUT2D eigenvalue weighted by atomic mass is 9.99. The molecule has 1 aromatic heterocycles. The van der Waals surface area contributed by atoms with E-state index in [1.54, 1.807) is 24.7 Å². The van der Waals surface area contributed by atoms with E-state index < -0.39 is 10.0 Å². The number of sulfonamides is 1. The molecule has 2 N–H and O–H groups in total. The second-order valence-electron chi connectivity index (χ2n) is 4.82. The monoisotopic (exact) mass is 272 g/mol. The lowest BCUT2D eigenvalue weighted by molar-refractivity contribution is 0.278. The first-order valence-corrected chi connectivity index (χ1v) is 7.59. The fourth-order valence-electron chi connectivity index (χ4n) is 2.17. The molecule has 0 unspecified atom stereocenters. The number of aromatic nitrogens is 2. The van der Waals surface area contributed by atoms with Gasteiger partial charge in [0, 0.05) is 26.3 Å². The summed E-state index contributed by atoms with van der Waals surface area (Å²) in [4.78, 5) is 4.10. The van der Waals surface area contributed by atoms with E-state index in [4.69, 9.17) is 5.73 Å². The number of rotatable bonds is 3. The minimum atomic E-state index is -3.43. The van der Waals surface area contributed by atoms with Crippen LogP contribution in [0.15, 0.2) is 11.2 Å². The van der Waals surface area contributed by atoms with E-state index in [1.807, 2.05) is 0 Å². The zero-order chi connectivity index (χ0) is 13.3. The van der Waals surface area contributed by atoms with Crippen LogP contribution in [0.2, 0.25) is 0 Å². The summed E-state index contributed by atoms with van der Waals surface area (Å²) < 4.78 is 28.0. The van der Waals surface area contributed by atoms with Crippen LogP contribution >= 0.6 is 0 Å². The van der Waals surface area contributed by atoms with Crippen LogP contribution in [0.1, 0.15) is 18.7 Å². The minimum Gasteiger partial charge on any atom is -0.337 e. The van der Waals surface area contributed by atoms with Crippen LogP contribution in [-0.4, -0.2) is 41.9 Å². The summed E-state index contributed by atoms with van der Waals surface area (Å²) in [7, 11) is -1.64. The maximum Gasteiger partial charge on any atom is 0.262 e. The average Bonchev–Trinajstić information content (AvgIpc) is 2.70. The topological polar surface area (TPSA) is 81.2 Å². The number of piperidine rings is 1. The van der Waals surface area contributed by atoms with Crippen molar-refractivity contribution in [3.05, 3.63) is 12.0 Å². The SMILES string of the molecule is Cc1nc(S(=O)(=O)N2CCC(CN)CC2)cn1C. The highest BCUT2D eigenvalue weighted by Crippen LogP contribution is 2.22. The molecule has 1 aliphatic heterocycles. The van der Waals surface area contributed by atoms with E-state index >= 15 is 0 Å². The molecule has 1 saturated heterocycles.